The maximum Gasteiger partial charge on any atom is 0.370 e. The summed E-state index contributed by atoms with van der Waals surface area (Å²) in [6.45, 7) is 0.710. The number of amides is 1. The first-order valence-electron chi connectivity index (χ1n) is 4.56. The van der Waals surface area contributed by atoms with Crippen molar-refractivity contribution in [1.82, 2.24) is 9.76 Å². The highest BCUT2D eigenvalue weighted by Gasteiger charge is 2.38. The molecule has 88 valence electrons. The van der Waals surface area contributed by atoms with E-state index in [-0.39, 0.29) is 31.4 Å². The third-order valence-corrected chi connectivity index (χ3v) is 4.46. The second-order valence-corrected chi connectivity index (χ2v) is 5.76. The third kappa shape index (κ3) is 3.33. The SMILES string of the molecule is O=C1CCOP(=O)(NCCCl)N1CCCl. The lowest BCUT2D eigenvalue weighted by atomic mass is 10.4. The molecule has 0 aromatic heterocycles. The van der Waals surface area contributed by atoms with Crippen LogP contribution in [0.3, 0.4) is 0 Å². The summed E-state index contributed by atoms with van der Waals surface area (Å²) in [7, 11) is -3.25. The van der Waals surface area contributed by atoms with Crippen LogP contribution in [0.25, 0.3) is 0 Å². The summed E-state index contributed by atoms with van der Waals surface area (Å²) in [5.41, 5.74) is 0. The average Bonchev–Trinajstić information content (AvgIpc) is 2.21. The van der Waals surface area contributed by atoms with E-state index >= 15 is 0 Å². The van der Waals surface area contributed by atoms with Crippen molar-refractivity contribution in [1.29, 1.82) is 0 Å². The van der Waals surface area contributed by atoms with E-state index in [1.165, 1.54) is 4.67 Å². The molecule has 1 aliphatic heterocycles. The van der Waals surface area contributed by atoms with Crippen molar-refractivity contribution in [2.75, 3.05) is 31.5 Å². The highest BCUT2D eigenvalue weighted by molar-refractivity contribution is 7.55. The molecule has 1 saturated heterocycles. The minimum Gasteiger partial charge on any atom is -0.301 e. The summed E-state index contributed by atoms with van der Waals surface area (Å²) in [4.78, 5) is 11.5. The molecular formula is C7H13Cl2N2O3P. The van der Waals surface area contributed by atoms with Crippen molar-refractivity contribution in [2.24, 2.45) is 0 Å². The number of alkyl halides is 2. The van der Waals surface area contributed by atoms with Crippen LogP contribution in [-0.4, -0.2) is 42.0 Å². The molecule has 1 atom stereocenters. The van der Waals surface area contributed by atoms with Crippen LogP contribution in [0.5, 0.6) is 0 Å². The van der Waals surface area contributed by atoms with Crippen LogP contribution in [0.1, 0.15) is 6.42 Å². The molecule has 5 nitrogen and oxygen atoms in total. The Morgan fingerprint density at radius 1 is 1.47 bits per heavy atom. The van der Waals surface area contributed by atoms with Gasteiger partial charge in [-0.1, -0.05) is 0 Å². The fourth-order valence-electron chi connectivity index (χ4n) is 1.25. The minimum absolute atomic E-state index is 0.171. The monoisotopic (exact) mass is 274 g/mol. The number of hydrogen-bond acceptors (Lipinski definition) is 3. The van der Waals surface area contributed by atoms with Crippen LogP contribution >= 0.6 is 30.9 Å². The number of carbonyl (C=O) groups is 1. The zero-order valence-corrected chi connectivity index (χ0v) is 10.5. The maximum absolute atomic E-state index is 12.2. The lowest BCUT2D eigenvalue weighted by Crippen LogP contribution is -2.40. The van der Waals surface area contributed by atoms with Crippen LogP contribution in [0, 0.1) is 0 Å². The van der Waals surface area contributed by atoms with Gasteiger partial charge in [0.05, 0.1) is 13.0 Å². The third-order valence-electron chi connectivity index (χ3n) is 1.89. The van der Waals surface area contributed by atoms with Crippen LogP contribution in [0.4, 0.5) is 0 Å². The van der Waals surface area contributed by atoms with E-state index in [1.54, 1.807) is 0 Å². The molecular weight excluding hydrogens is 262 g/mol. The van der Waals surface area contributed by atoms with Gasteiger partial charge in [0.15, 0.2) is 0 Å². The molecule has 8 heteroatoms. The van der Waals surface area contributed by atoms with Crippen molar-refractivity contribution < 1.29 is 13.9 Å². The normalized spacial score (nSPS) is 27.1. The van der Waals surface area contributed by atoms with Gasteiger partial charge < -0.3 is 4.52 Å². The van der Waals surface area contributed by atoms with Gasteiger partial charge in [-0.3, -0.25) is 9.46 Å². The van der Waals surface area contributed by atoms with Gasteiger partial charge in [0, 0.05) is 24.8 Å². The summed E-state index contributed by atoms with van der Waals surface area (Å²) in [6, 6.07) is 0. The Balaban J connectivity index is 2.72. The summed E-state index contributed by atoms with van der Waals surface area (Å²) >= 11 is 11.0. The van der Waals surface area contributed by atoms with Gasteiger partial charge in [-0.15, -0.1) is 23.2 Å². The molecule has 0 aliphatic carbocycles. The predicted molar refractivity (Wildman–Crippen MR) is 59.3 cm³/mol. The zero-order valence-electron chi connectivity index (χ0n) is 8.12. The first-order chi connectivity index (χ1) is 7.14. The standard InChI is InChI=1S/C7H13Cl2N2O3P/c8-2-4-10-15(13)11(5-3-9)7(12)1-6-14-15/h1-6H2,(H,10,13). The number of nitrogens with zero attached hydrogens (tertiary/aromatic N) is 1. The largest absolute Gasteiger partial charge is 0.370 e. The second-order valence-electron chi connectivity index (χ2n) is 2.91. The first-order valence-corrected chi connectivity index (χ1v) is 7.21. The van der Waals surface area contributed by atoms with E-state index < -0.39 is 7.67 Å². The molecule has 0 saturated carbocycles. The van der Waals surface area contributed by atoms with Crippen molar-refractivity contribution in [3.8, 4) is 0 Å². The van der Waals surface area contributed by atoms with Gasteiger partial charge in [-0.05, 0) is 0 Å². The maximum atomic E-state index is 12.2. The highest BCUT2D eigenvalue weighted by Crippen LogP contribution is 2.49. The van der Waals surface area contributed by atoms with Gasteiger partial charge >= 0.3 is 7.67 Å². The number of carbonyl (C=O) groups excluding carboxylic acids is 1. The van der Waals surface area contributed by atoms with Crippen molar-refractivity contribution in [2.45, 2.75) is 6.42 Å². The van der Waals surface area contributed by atoms with Crippen LogP contribution in [0.2, 0.25) is 0 Å². The Bertz CT molecular complexity index is 277. The number of rotatable bonds is 5. The minimum atomic E-state index is -3.25. The van der Waals surface area contributed by atoms with E-state index in [4.69, 9.17) is 27.7 Å². The van der Waals surface area contributed by atoms with Crippen LogP contribution in [0.15, 0.2) is 0 Å². The van der Waals surface area contributed by atoms with Gasteiger partial charge in [0.25, 0.3) is 0 Å². The molecule has 1 heterocycles. The van der Waals surface area contributed by atoms with Gasteiger partial charge in [-0.2, -0.15) is 0 Å². The van der Waals surface area contributed by atoms with E-state index in [9.17, 15) is 9.36 Å². The van der Waals surface area contributed by atoms with Crippen molar-refractivity contribution >= 4 is 36.8 Å². The zero-order chi connectivity index (χ0) is 11.3. The lowest BCUT2D eigenvalue weighted by Gasteiger charge is -2.34. The smallest absolute Gasteiger partial charge is 0.301 e. The Hall–Kier alpha value is 0.200. The Morgan fingerprint density at radius 2 is 2.20 bits per heavy atom. The van der Waals surface area contributed by atoms with Gasteiger partial charge in [-0.25, -0.2) is 9.65 Å². The van der Waals surface area contributed by atoms with Crippen molar-refractivity contribution in [3.63, 3.8) is 0 Å². The quantitative estimate of drug-likeness (QED) is 0.608. The van der Waals surface area contributed by atoms with Gasteiger partial charge in [0.1, 0.15) is 0 Å². The molecule has 0 radical (unpaired) electrons. The fourth-order valence-corrected chi connectivity index (χ4v) is 3.66. The Labute approximate surface area is 98.6 Å². The van der Waals surface area contributed by atoms with Crippen molar-refractivity contribution in [3.05, 3.63) is 0 Å². The molecule has 1 amide bonds. The van der Waals surface area contributed by atoms with Gasteiger partial charge in [0.2, 0.25) is 5.91 Å². The average molecular weight is 275 g/mol. The number of nitrogens with one attached hydrogen (secondary N) is 1. The summed E-state index contributed by atoms with van der Waals surface area (Å²) in [6.07, 6.45) is 0.240. The first kappa shape index (κ1) is 13.3. The fraction of sp³-hybridized carbons (Fsp3) is 0.857. The summed E-state index contributed by atoms with van der Waals surface area (Å²) in [5.74, 6) is 0.324. The van der Waals surface area contributed by atoms with E-state index in [2.05, 4.69) is 5.09 Å². The highest BCUT2D eigenvalue weighted by atomic mass is 35.5. The molecule has 1 fully saturated rings. The summed E-state index contributed by atoms with van der Waals surface area (Å²) < 4.78 is 18.5. The lowest BCUT2D eigenvalue weighted by molar-refractivity contribution is -0.129. The van der Waals surface area contributed by atoms with E-state index in [1.807, 2.05) is 0 Å². The Morgan fingerprint density at radius 3 is 2.80 bits per heavy atom. The molecule has 0 spiro atoms. The predicted octanol–water partition coefficient (Wildman–Crippen LogP) is 1.41. The number of halogens is 2. The molecule has 1 rings (SSSR count). The van der Waals surface area contributed by atoms with E-state index in [0.29, 0.717) is 12.4 Å². The topological polar surface area (TPSA) is 58.6 Å². The Kier molecular flexibility index (Phi) is 5.36. The molecule has 15 heavy (non-hydrogen) atoms. The molecule has 0 aromatic carbocycles. The summed E-state index contributed by atoms with van der Waals surface area (Å²) in [5, 5.41) is 2.66. The van der Waals surface area contributed by atoms with Crippen LogP contribution in [-0.2, 0) is 13.9 Å². The molecule has 0 bridgehead atoms. The molecule has 0 aromatic rings. The molecule has 1 aliphatic rings. The number of hydrogen-bond donors (Lipinski definition) is 1. The van der Waals surface area contributed by atoms with E-state index in [0.717, 1.165) is 0 Å². The molecule has 1 N–H and O–H groups in total. The molecule has 1 unspecified atom stereocenters. The second kappa shape index (κ2) is 6.06. The van der Waals surface area contributed by atoms with Crippen LogP contribution < -0.4 is 5.09 Å².